The van der Waals surface area contributed by atoms with Gasteiger partial charge in [0.05, 0.1) is 30.1 Å². The van der Waals surface area contributed by atoms with E-state index in [1.165, 1.54) is 11.7 Å². The summed E-state index contributed by atoms with van der Waals surface area (Å²) in [5, 5.41) is 12.9. The summed E-state index contributed by atoms with van der Waals surface area (Å²) in [6.45, 7) is 0.375. The zero-order valence-corrected chi connectivity index (χ0v) is 24.3. The van der Waals surface area contributed by atoms with Crippen LogP contribution in [0.5, 0.6) is 17.2 Å². The van der Waals surface area contributed by atoms with Gasteiger partial charge >= 0.3 is 0 Å². The monoisotopic (exact) mass is 589 g/mol. The van der Waals surface area contributed by atoms with Crippen molar-refractivity contribution in [1.29, 1.82) is 5.26 Å². The number of benzene rings is 4. The van der Waals surface area contributed by atoms with Gasteiger partial charge in [-0.25, -0.2) is 0 Å². The second-order valence-electron chi connectivity index (χ2n) is 9.22. The number of thiazole rings is 1. The predicted octanol–water partition coefficient (Wildman–Crippen LogP) is 4.64. The average Bonchev–Trinajstić information content (AvgIpc) is 3.36. The largest absolute Gasteiger partial charge is 0.495 e. The number of rotatable bonds is 9. The van der Waals surface area contributed by atoms with Crippen LogP contribution in [0.3, 0.4) is 0 Å². The zero-order chi connectivity index (χ0) is 30.2. The molecule has 8 nitrogen and oxygen atoms in total. The van der Waals surface area contributed by atoms with E-state index in [2.05, 4.69) is 5.32 Å². The Morgan fingerprint density at radius 3 is 2.26 bits per heavy atom. The number of methoxy groups -OCH3 is 2. The number of carbonyl (C=O) groups excluding carboxylic acids is 1. The summed E-state index contributed by atoms with van der Waals surface area (Å²) in [6, 6.07) is 32.9. The third kappa shape index (κ3) is 6.50. The van der Waals surface area contributed by atoms with Gasteiger partial charge in [-0.2, -0.15) is 5.26 Å². The van der Waals surface area contributed by atoms with E-state index < -0.39 is 5.91 Å². The highest BCUT2D eigenvalue weighted by Gasteiger charge is 2.18. The molecule has 0 aliphatic heterocycles. The second kappa shape index (κ2) is 13.4. The molecular formula is C34H27N3O5S. The number of nitriles is 1. The van der Waals surface area contributed by atoms with Crippen molar-refractivity contribution in [3.05, 3.63) is 134 Å². The summed E-state index contributed by atoms with van der Waals surface area (Å²) in [5.74, 6) is 0.848. The Morgan fingerprint density at radius 1 is 0.884 bits per heavy atom. The molecule has 0 saturated carbocycles. The van der Waals surface area contributed by atoms with Crippen LogP contribution in [0.4, 0.5) is 5.69 Å². The summed E-state index contributed by atoms with van der Waals surface area (Å²) in [6.07, 6.45) is 1.70. The maximum Gasteiger partial charge on any atom is 0.273 e. The van der Waals surface area contributed by atoms with Crippen molar-refractivity contribution in [1.82, 2.24) is 4.57 Å². The smallest absolute Gasteiger partial charge is 0.273 e. The van der Waals surface area contributed by atoms with Gasteiger partial charge in [0.15, 0.2) is 17.1 Å². The van der Waals surface area contributed by atoms with E-state index >= 15 is 0 Å². The number of hydrogen-bond donors (Lipinski definition) is 1. The van der Waals surface area contributed by atoms with Gasteiger partial charge in [0.1, 0.15) is 23.1 Å². The van der Waals surface area contributed by atoms with Crippen LogP contribution in [-0.4, -0.2) is 24.7 Å². The molecule has 1 amide bonds. The minimum Gasteiger partial charge on any atom is -0.495 e. The second-order valence-corrected chi connectivity index (χ2v) is 10.2. The van der Waals surface area contributed by atoms with Crippen LogP contribution in [0.2, 0.25) is 0 Å². The Kier molecular flexibility index (Phi) is 9.00. The first-order chi connectivity index (χ1) is 21.0. The van der Waals surface area contributed by atoms with Crippen molar-refractivity contribution in [2.75, 3.05) is 19.5 Å². The number of ether oxygens (including phenoxy) is 3. The van der Waals surface area contributed by atoms with E-state index in [4.69, 9.17) is 14.2 Å². The van der Waals surface area contributed by atoms with Crippen molar-refractivity contribution < 1.29 is 19.0 Å². The maximum absolute atomic E-state index is 13.8. The molecule has 5 rings (SSSR count). The molecule has 0 spiro atoms. The minimum atomic E-state index is -0.661. The molecule has 9 heteroatoms. The first-order valence-electron chi connectivity index (χ1n) is 13.2. The molecule has 0 saturated heterocycles. The summed E-state index contributed by atoms with van der Waals surface area (Å²) in [5.41, 5.74) is 2.06. The first kappa shape index (κ1) is 28.9. The Labute approximate surface area is 252 Å². The molecule has 1 heterocycles. The van der Waals surface area contributed by atoms with Gasteiger partial charge in [0.2, 0.25) is 0 Å². The van der Waals surface area contributed by atoms with Crippen LogP contribution in [0, 0.1) is 11.3 Å². The topological polar surface area (TPSA) is 103 Å². The van der Waals surface area contributed by atoms with Gasteiger partial charge in [-0.15, -0.1) is 11.3 Å². The quantitative estimate of drug-likeness (QED) is 0.269. The third-order valence-electron chi connectivity index (χ3n) is 6.47. The highest BCUT2D eigenvalue weighted by molar-refractivity contribution is 7.07. The van der Waals surface area contributed by atoms with E-state index in [1.807, 2.05) is 48.5 Å². The normalized spacial score (nSPS) is 11.8. The number of anilines is 1. The molecule has 5 aromatic rings. The van der Waals surface area contributed by atoms with Crippen molar-refractivity contribution in [3.63, 3.8) is 0 Å². The number of para-hydroxylation sites is 3. The molecule has 0 aliphatic rings. The van der Waals surface area contributed by atoms with E-state index in [9.17, 15) is 14.9 Å². The molecule has 214 valence electrons. The number of amides is 1. The molecule has 0 fully saturated rings. The van der Waals surface area contributed by atoms with Crippen molar-refractivity contribution in [3.8, 4) is 29.0 Å². The van der Waals surface area contributed by atoms with E-state index in [0.29, 0.717) is 45.3 Å². The lowest BCUT2D eigenvalue weighted by molar-refractivity contribution is -0.111. The molecule has 1 N–H and O–H groups in total. The molecule has 0 atom stereocenters. The number of aromatic nitrogens is 1. The highest BCUT2D eigenvalue weighted by Crippen LogP contribution is 2.29. The van der Waals surface area contributed by atoms with E-state index in [1.54, 1.807) is 73.8 Å². The summed E-state index contributed by atoms with van der Waals surface area (Å²) < 4.78 is 18.8. The van der Waals surface area contributed by atoms with Gasteiger partial charge < -0.3 is 19.5 Å². The highest BCUT2D eigenvalue weighted by atomic mass is 32.1. The Balaban J connectivity index is 1.59. The first-order valence-corrected chi connectivity index (χ1v) is 14.1. The van der Waals surface area contributed by atoms with Crippen molar-refractivity contribution in [2.24, 2.45) is 0 Å². The third-order valence-corrected chi connectivity index (χ3v) is 7.56. The molecule has 4 aromatic carbocycles. The Hall–Kier alpha value is -5.59. The summed E-state index contributed by atoms with van der Waals surface area (Å²) >= 11 is 1.05. The van der Waals surface area contributed by atoms with E-state index in [0.717, 1.165) is 16.9 Å². The van der Waals surface area contributed by atoms with Gasteiger partial charge in [0.25, 0.3) is 11.5 Å². The van der Waals surface area contributed by atoms with Gasteiger partial charge in [-0.3, -0.25) is 14.2 Å². The zero-order valence-electron chi connectivity index (χ0n) is 23.4. The van der Waals surface area contributed by atoms with Crippen LogP contribution >= 0.6 is 11.3 Å². The number of nitrogens with zero attached hydrogens (tertiary/aromatic N) is 2. The average molecular weight is 590 g/mol. The fourth-order valence-corrected chi connectivity index (χ4v) is 5.47. The van der Waals surface area contributed by atoms with Crippen LogP contribution in [0.1, 0.15) is 11.1 Å². The lowest BCUT2D eigenvalue weighted by Gasteiger charge is -2.11. The lowest BCUT2D eigenvalue weighted by Crippen LogP contribution is -2.32. The predicted molar refractivity (Wildman–Crippen MR) is 167 cm³/mol. The standard InChI is InChI=1S/C34H27N3O5S/c1-40-28-16-10-9-15-27(28)36-32(38)26(21-35)34-37(25-13-7-4-8-14-25)33(39)31(43-34)20-24-17-18-29(30(19-24)41-2)42-22-23-11-5-3-6-12-23/h3-20H,22H2,1-2H3,(H,36,38). The van der Waals surface area contributed by atoms with Crippen LogP contribution in [0.15, 0.2) is 108 Å². The molecule has 43 heavy (non-hydrogen) atoms. The Morgan fingerprint density at radius 2 is 1.56 bits per heavy atom. The lowest BCUT2D eigenvalue weighted by atomic mass is 10.2. The van der Waals surface area contributed by atoms with Crippen LogP contribution < -0.4 is 34.3 Å². The van der Waals surface area contributed by atoms with Crippen molar-refractivity contribution in [2.45, 2.75) is 6.61 Å². The molecule has 0 radical (unpaired) electrons. The van der Waals surface area contributed by atoms with Crippen LogP contribution in [0.25, 0.3) is 17.3 Å². The molecule has 0 unspecified atom stereocenters. The van der Waals surface area contributed by atoms with Gasteiger partial charge in [-0.1, -0.05) is 66.7 Å². The molecular weight excluding hydrogens is 562 g/mol. The van der Waals surface area contributed by atoms with Crippen LogP contribution in [-0.2, 0) is 11.4 Å². The molecule has 0 aliphatic carbocycles. The number of hydrogen-bond acceptors (Lipinski definition) is 7. The summed E-state index contributed by atoms with van der Waals surface area (Å²) in [7, 11) is 3.04. The van der Waals surface area contributed by atoms with Gasteiger partial charge in [-0.05, 0) is 53.6 Å². The molecule has 0 bridgehead atoms. The van der Waals surface area contributed by atoms with E-state index in [-0.39, 0.29) is 15.8 Å². The number of nitrogens with one attached hydrogen (secondary N) is 1. The maximum atomic E-state index is 13.8. The Bertz CT molecular complexity index is 1980. The summed E-state index contributed by atoms with van der Waals surface area (Å²) in [4.78, 5) is 27.2. The minimum absolute atomic E-state index is 0.201. The number of carbonyl (C=O) groups is 1. The SMILES string of the molecule is COc1ccccc1NC(=O)C(C#N)=c1sc(=Cc2ccc(OCc3ccccc3)c(OC)c2)c(=O)n1-c1ccccc1. The fraction of sp³-hybridized carbons (Fsp3) is 0.0882. The fourth-order valence-electron chi connectivity index (χ4n) is 4.37. The molecule has 1 aromatic heterocycles. The van der Waals surface area contributed by atoms with Gasteiger partial charge in [0, 0.05) is 0 Å². The van der Waals surface area contributed by atoms with Crippen molar-refractivity contribution >= 4 is 34.6 Å².